The number of hydrogen-bond donors (Lipinski definition) is 3. The smallest absolute Gasteiger partial charge is 0.407 e. The van der Waals surface area contributed by atoms with E-state index in [4.69, 9.17) is 4.74 Å². The van der Waals surface area contributed by atoms with Crippen molar-refractivity contribution < 1.29 is 14.3 Å². The Morgan fingerprint density at radius 1 is 1.23 bits per heavy atom. The van der Waals surface area contributed by atoms with Crippen LogP contribution >= 0.6 is 0 Å². The summed E-state index contributed by atoms with van der Waals surface area (Å²) < 4.78 is 5.39. The maximum Gasteiger partial charge on any atom is 0.407 e. The summed E-state index contributed by atoms with van der Waals surface area (Å²) in [5.74, 6) is 0.897. The van der Waals surface area contributed by atoms with Crippen molar-refractivity contribution in [2.24, 2.45) is 10.9 Å². The SMILES string of the molecule is CN=C(NCc1cccc(C(=O)NC)c1)N(C)CCC(NC(=O)OC(C)(C)C)C(C)C. The molecule has 31 heavy (non-hydrogen) atoms. The average Bonchev–Trinajstić information content (AvgIpc) is 2.69. The Balaban J connectivity index is 2.64. The molecule has 0 saturated heterocycles. The minimum Gasteiger partial charge on any atom is -0.444 e. The van der Waals surface area contributed by atoms with Crippen molar-refractivity contribution in [3.8, 4) is 0 Å². The number of alkyl carbamates (subject to hydrolysis) is 1. The van der Waals surface area contributed by atoms with Crippen LogP contribution in [0.25, 0.3) is 0 Å². The Hall–Kier alpha value is -2.77. The summed E-state index contributed by atoms with van der Waals surface area (Å²) in [5.41, 5.74) is 1.09. The number of guanidine groups is 1. The van der Waals surface area contributed by atoms with Crippen LogP contribution in [0.5, 0.6) is 0 Å². The van der Waals surface area contributed by atoms with Gasteiger partial charge in [0.25, 0.3) is 5.91 Å². The molecule has 0 aliphatic rings. The molecule has 1 atom stereocenters. The van der Waals surface area contributed by atoms with Crippen LogP contribution in [0.15, 0.2) is 29.3 Å². The van der Waals surface area contributed by atoms with Gasteiger partial charge >= 0.3 is 6.09 Å². The second kappa shape index (κ2) is 12.2. The summed E-state index contributed by atoms with van der Waals surface area (Å²) >= 11 is 0. The normalized spacial score (nSPS) is 12.9. The minimum atomic E-state index is -0.524. The first kappa shape index (κ1) is 26.3. The van der Waals surface area contributed by atoms with Gasteiger partial charge in [-0.25, -0.2) is 4.79 Å². The number of hydrogen-bond acceptors (Lipinski definition) is 4. The number of aliphatic imine (C=N–C) groups is 1. The van der Waals surface area contributed by atoms with E-state index < -0.39 is 11.7 Å². The molecule has 0 radical (unpaired) electrons. The highest BCUT2D eigenvalue weighted by molar-refractivity contribution is 5.94. The van der Waals surface area contributed by atoms with E-state index >= 15 is 0 Å². The van der Waals surface area contributed by atoms with Crippen LogP contribution < -0.4 is 16.0 Å². The van der Waals surface area contributed by atoms with Crippen molar-refractivity contribution in [2.45, 2.75) is 59.2 Å². The molecule has 0 bridgehead atoms. The van der Waals surface area contributed by atoms with E-state index in [0.29, 0.717) is 18.7 Å². The van der Waals surface area contributed by atoms with Gasteiger partial charge in [-0.15, -0.1) is 0 Å². The minimum absolute atomic E-state index is 0.0142. The second-order valence-corrected chi connectivity index (χ2v) is 8.89. The Kier molecular flexibility index (Phi) is 10.3. The second-order valence-electron chi connectivity index (χ2n) is 8.89. The van der Waals surface area contributed by atoms with Gasteiger partial charge in [0, 0.05) is 45.8 Å². The average molecular weight is 434 g/mol. The van der Waals surface area contributed by atoms with Gasteiger partial charge in [-0.3, -0.25) is 9.79 Å². The molecule has 1 aromatic carbocycles. The summed E-state index contributed by atoms with van der Waals surface area (Å²) in [7, 11) is 5.31. The van der Waals surface area contributed by atoms with Crippen LogP contribution in [-0.4, -0.2) is 62.2 Å². The van der Waals surface area contributed by atoms with E-state index in [0.717, 1.165) is 17.9 Å². The summed E-state index contributed by atoms with van der Waals surface area (Å²) in [4.78, 5) is 30.3. The number of rotatable bonds is 8. The third-order valence-corrected chi connectivity index (χ3v) is 4.72. The van der Waals surface area contributed by atoms with E-state index in [9.17, 15) is 9.59 Å². The van der Waals surface area contributed by atoms with Crippen LogP contribution in [0, 0.1) is 5.92 Å². The summed E-state index contributed by atoms with van der Waals surface area (Å²) in [6.45, 7) is 11.0. The Labute approximate surface area is 186 Å². The fraction of sp³-hybridized carbons (Fsp3) is 0.609. The van der Waals surface area contributed by atoms with E-state index in [2.05, 4.69) is 34.8 Å². The van der Waals surface area contributed by atoms with Crippen LogP contribution in [0.2, 0.25) is 0 Å². The molecule has 0 saturated carbocycles. The first-order valence-electron chi connectivity index (χ1n) is 10.7. The molecule has 174 valence electrons. The Bertz CT molecular complexity index is 756. The van der Waals surface area contributed by atoms with Crippen LogP contribution in [0.4, 0.5) is 4.79 Å². The van der Waals surface area contributed by atoms with Gasteiger partial charge in [0.1, 0.15) is 5.60 Å². The van der Waals surface area contributed by atoms with Gasteiger partial charge in [0.2, 0.25) is 0 Å². The van der Waals surface area contributed by atoms with Crippen molar-refractivity contribution in [1.29, 1.82) is 0 Å². The maximum absolute atomic E-state index is 12.2. The van der Waals surface area contributed by atoms with Gasteiger partial charge in [0.15, 0.2) is 5.96 Å². The fourth-order valence-corrected chi connectivity index (χ4v) is 3.00. The number of amides is 2. The van der Waals surface area contributed by atoms with E-state index in [1.807, 2.05) is 50.9 Å². The molecular formula is C23H39N5O3. The van der Waals surface area contributed by atoms with Gasteiger partial charge in [0.05, 0.1) is 0 Å². The predicted molar refractivity (Wildman–Crippen MR) is 125 cm³/mol. The first-order valence-corrected chi connectivity index (χ1v) is 10.7. The van der Waals surface area contributed by atoms with Gasteiger partial charge in [-0.1, -0.05) is 26.0 Å². The zero-order chi connectivity index (χ0) is 23.6. The molecule has 0 aromatic heterocycles. The van der Waals surface area contributed by atoms with E-state index in [-0.39, 0.29) is 17.9 Å². The predicted octanol–water partition coefficient (Wildman–Crippen LogP) is 2.99. The fourth-order valence-electron chi connectivity index (χ4n) is 3.00. The zero-order valence-corrected chi connectivity index (χ0v) is 20.2. The van der Waals surface area contributed by atoms with Crippen molar-refractivity contribution in [3.63, 3.8) is 0 Å². The first-order chi connectivity index (χ1) is 14.5. The molecule has 8 heteroatoms. The molecule has 0 aliphatic heterocycles. The van der Waals surface area contributed by atoms with Crippen LogP contribution in [0.1, 0.15) is 57.0 Å². The topological polar surface area (TPSA) is 95.1 Å². The zero-order valence-electron chi connectivity index (χ0n) is 20.2. The molecule has 1 unspecified atom stereocenters. The Morgan fingerprint density at radius 3 is 2.45 bits per heavy atom. The molecule has 0 spiro atoms. The number of ether oxygens (including phenoxy) is 1. The lowest BCUT2D eigenvalue weighted by molar-refractivity contribution is 0.0485. The molecule has 8 nitrogen and oxygen atoms in total. The molecular weight excluding hydrogens is 394 g/mol. The highest BCUT2D eigenvalue weighted by atomic mass is 16.6. The number of nitrogens with one attached hydrogen (secondary N) is 3. The standard InChI is InChI=1S/C23H39N5O3/c1-16(2)19(27-22(30)31-23(3,4)5)12-13-28(8)21(25-7)26-15-17-10-9-11-18(14-17)20(29)24-6/h9-11,14,16,19H,12-13,15H2,1-8H3,(H,24,29)(H,25,26)(H,27,30). The molecule has 0 heterocycles. The molecule has 2 amide bonds. The maximum atomic E-state index is 12.2. The third-order valence-electron chi connectivity index (χ3n) is 4.72. The number of nitrogens with zero attached hydrogens (tertiary/aromatic N) is 2. The number of carbonyl (C=O) groups is 2. The highest BCUT2D eigenvalue weighted by Gasteiger charge is 2.22. The molecule has 0 aliphatic carbocycles. The van der Waals surface area contributed by atoms with Crippen molar-refractivity contribution >= 4 is 18.0 Å². The lowest BCUT2D eigenvalue weighted by atomic mass is 10.0. The van der Waals surface area contributed by atoms with Gasteiger partial charge < -0.3 is 25.6 Å². The summed E-state index contributed by atoms with van der Waals surface area (Å²) in [5, 5.41) is 8.94. The summed E-state index contributed by atoms with van der Waals surface area (Å²) in [6, 6.07) is 7.46. The Morgan fingerprint density at radius 2 is 1.90 bits per heavy atom. The molecule has 1 aromatic rings. The lowest BCUT2D eigenvalue weighted by Crippen LogP contribution is -2.45. The summed E-state index contributed by atoms with van der Waals surface area (Å²) in [6.07, 6.45) is 0.354. The monoisotopic (exact) mass is 433 g/mol. The molecule has 0 fully saturated rings. The van der Waals surface area contributed by atoms with Gasteiger partial charge in [-0.05, 0) is 50.8 Å². The van der Waals surface area contributed by atoms with Crippen LogP contribution in [-0.2, 0) is 11.3 Å². The largest absolute Gasteiger partial charge is 0.444 e. The van der Waals surface area contributed by atoms with Crippen LogP contribution in [0.3, 0.4) is 0 Å². The van der Waals surface area contributed by atoms with Crippen molar-refractivity contribution in [1.82, 2.24) is 20.9 Å². The number of benzene rings is 1. The molecule has 1 rings (SSSR count). The van der Waals surface area contributed by atoms with E-state index in [1.165, 1.54) is 0 Å². The number of carbonyl (C=O) groups excluding carboxylic acids is 2. The van der Waals surface area contributed by atoms with Crippen molar-refractivity contribution in [3.05, 3.63) is 35.4 Å². The van der Waals surface area contributed by atoms with Gasteiger partial charge in [-0.2, -0.15) is 0 Å². The molecule has 3 N–H and O–H groups in total. The van der Waals surface area contributed by atoms with Crippen molar-refractivity contribution in [2.75, 3.05) is 27.7 Å². The quantitative estimate of drug-likeness (QED) is 0.433. The van der Waals surface area contributed by atoms with E-state index in [1.54, 1.807) is 20.2 Å². The third kappa shape index (κ3) is 9.72. The lowest BCUT2D eigenvalue weighted by Gasteiger charge is -2.28. The highest BCUT2D eigenvalue weighted by Crippen LogP contribution is 2.11.